The Labute approximate surface area is 85.4 Å². The van der Waals surface area contributed by atoms with E-state index < -0.39 is 17.9 Å². The number of halogens is 4. The molecule has 0 heterocycles. The third kappa shape index (κ3) is 2.69. The van der Waals surface area contributed by atoms with Crippen molar-refractivity contribution in [2.45, 2.75) is 6.36 Å². The number of benzene rings is 1. The number of rotatable bonds is 1. The molecule has 0 fully saturated rings. The predicted molar refractivity (Wildman–Crippen MR) is 46.9 cm³/mol. The van der Waals surface area contributed by atoms with Gasteiger partial charge in [-0.1, -0.05) is 0 Å². The second-order valence-electron chi connectivity index (χ2n) is 2.40. The van der Waals surface area contributed by atoms with Crippen LogP contribution in [0.5, 0.6) is 11.5 Å². The molecule has 0 saturated carbocycles. The predicted octanol–water partition coefficient (Wildman–Crippen LogP) is 2.64. The second-order valence-corrected chi connectivity index (χ2v) is 3.25. The van der Waals surface area contributed by atoms with E-state index in [2.05, 4.69) is 20.7 Å². The fourth-order valence-corrected chi connectivity index (χ4v) is 1.26. The van der Waals surface area contributed by atoms with E-state index in [0.717, 1.165) is 6.07 Å². The van der Waals surface area contributed by atoms with Crippen LogP contribution in [0.1, 0.15) is 0 Å². The zero-order valence-electron chi connectivity index (χ0n) is 6.60. The molecule has 0 aliphatic heterocycles. The monoisotopic (exact) mass is 271 g/mol. The van der Waals surface area contributed by atoms with Crippen LogP contribution in [-0.4, -0.2) is 11.5 Å². The summed E-state index contributed by atoms with van der Waals surface area (Å²) in [4.78, 5) is 0. The van der Waals surface area contributed by atoms with Crippen molar-refractivity contribution in [3.63, 3.8) is 0 Å². The zero-order chi connectivity index (χ0) is 10.9. The van der Waals surface area contributed by atoms with Gasteiger partial charge in [-0.15, -0.1) is 13.2 Å². The number of ether oxygens (including phenoxy) is 1. The van der Waals surface area contributed by atoms with Gasteiger partial charge in [-0.05, 0) is 22.0 Å². The van der Waals surface area contributed by atoms with E-state index in [0.29, 0.717) is 0 Å². The summed E-state index contributed by atoms with van der Waals surface area (Å²) in [6, 6.07) is 2.14. The average Bonchev–Trinajstić information content (AvgIpc) is 1.96. The number of anilines is 1. The fraction of sp³-hybridized carbons (Fsp3) is 0.143. The minimum absolute atomic E-state index is 0.0387. The minimum atomic E-state index is -4.86. The summed E-state index contributed by atoms with van der Waals surface area (Å²) in [6.45, 7) is 0. The van der Waals surface area contributed by atoms with Gasteiger partial charge in [0.15, 0.2) is 11.5 Å². The molecule has 0 amide bonds. The molecule has 1 aromatic rings. The molecule has 0 atom stereocenters. The molecule has 3 N–H and O–H groups in total. The summed E-state index contributed by atoms with van der Waals surface area (Å²) in [5.41, 5.74) is 5.31. The Balaban J connectivity index is 3.09. The number of nitrogens with two attached hydrogens (primary N) is 1. The standard InChI is InChI=1S/C7H5BrF3NO2/c8-4-1-3(12)2-5(6(4)13)14-7(9,10)11/h1-2,13H,12H2. The first-order valence-electron chi connectivity index (χ1n) is 3.33. The zero-order valence-corrected chi connectivity index (χ0v) is 8.19. The molecule has 0 radical (unpaired) electrons. The summed E-state index contributed by atoms with van der Waals surface area (Å²) < 4.78 is 39.0. The third-order valence-corrected chi connectivity index (χ3v) is 1.88. The number of phenols is 1. The van der Waals surface area contributed by atoms with Crippen molar-refractivity contribution in [3.05, 3.63) is 16.6 Å². The lowest BCUT2D eigenvalue weighted by atomic mass is 10.3. The molecule has 0 aromatic heterocycles. The van der Waals surface area contributed by atoms with Crippen LogP contribution in [0.25, 0.3) is 0 Å². The maximum atomic E-state index is 11.8. The minimum Gasteiger partial charge on any atom is -0.503 e. The quantitative estimate of drug-likeness (QED) is 0.610. The second kappa shape index (κ2) is 3.56. The number of aromatic hydroxyl groups is 1. The molecular weight excluding hydrogens is 267 g/mol. The van der Waals surface area contributed by atoms with Crippen molar-refractivity contribution in [3.8, 4) is 11.5 Å². The van der Waals surface area contributed by atoms with Crippen LogP contribution in [-0.2, 0) is 0 Å². The Morgan fingerprint density at radius 3 is 2.43 bits per heavy atom. The molecule has 1 rings (SSSR count). The highest BCUT2D eigenvalue weighted by Gasteiger charge is 2.32. The van der Waals surface area contributed by atoms with Gasteiger partial charge in [0.1, 0.15) is 0 Å². The van der Waals surface area contributed by atoms with Gasteiger partial charge in [0.05, 0.1) is 4.47 Å². The largest absolute Gasteiger partial charge is 0.573 e. The van der Waals surface area contributed by atoms with Crippen molar-refractivity contribution in [2.75, 3.05) is 5.73 Å². The Kier molecular flexibility index (Phi) is 2.79. The third-order valence-electron chi connectivity index (χ3n) is 1.28. The molecular formula is C7H5BrF3NO2. The first-order chi connectivity index (χ1) is 6.29. The molecule has 0 aliphatic carbocycles. The molecule has 0 saturated heterocycles. The Morgan fingerprint density at radius 2 is 1.93 bits per heavy atom. The van der Waals surface area contributed by atoms with Gasteiger partial charge in [-0.2, -0.15) is 0 Å². The molecule has 0 spiro atoms. The van der Waals surface area contributed by atoms with Crippen molar-refractivity contribution in [1.29, 1.82) is 0 Å². The van der Waals surface area contributed by atoms with Gasteiger partial charge < -0.3 is 15.6 Å². The van der Waals surface area contributed by atoms with Crippen LogP contribution in [0.15, 0.2) is 16.6 Å². The molecule has 78 valence electrons. The van der Waals surface area contributed by atoms with E-state index in [1.807, 2.05) is 0 Å². The number of alkyl halides is 3. The smallest absolute Gasteiger partial charge is 0.503 e. The first-order valence-corrected chi connectivity index (χ1v) is 4.12. The van der Waals surface area contributed by atoms with Crippen molar-refractivity contribution >= 4 is 21.6 Å². The molecule has 0 aliphatic rings. The number of hydrogen-bond donors (Lipinski definition) is 2. The molecule has 14 heavy (non-hydrogen) atoms. The fourth-order valence-electron chi connectivity index (χ4n) is 0.796. The van der Waals surface area contributed by atoms with E-state index in [1.54, 1.807) is 0 Å². The molecule has 0 unspecified atom stereocenters. The van der Waals surface area contributed by atoms with Gasteiger partial charge in [0, 0.05) is 11.8 Å². The van der Waals surface area contributed by atoms with E-state index >= 15 is 0 Å². The summed E-state index contributed by atoms with van der Waals surface area (Å²) in [5.74, 6) is -1.37. The lowest BCUT2D eigenvalue weighted by Crippen LogP contribution is -2.17. The van der Waals surface area contributed by atoms with Crippen LogP contribution in [0.4, 0.5) is 18.9 Å². The van der Waals surface area contributed by atoms with Crippen LogP contribution >= 0.6 is 15.9 Å². The van der Waals surface area contributed by atoms with E-state index in [9.17, 15) is 13.2 Å². The maximum absolute atomic E-state index is 11.8. The SMILES string of the molecule is Nc1cc(Br)c(O)c(OC(F)(F)F)c1. The topological polar surface area (TPSA) is 55.5 Å². The van der Waals surface area contributed by atoms with Crippen LogP contribution < -0.4 is 10.5 Å². The maximum Gasteiger partial charge on any atom is 0.573 e. The number of phenolic OH excluding ortho intramolecular Hbond substituents is 1. The van der Waals surface area contributed by atoms with Crippen molar-refractivity contribution in [1.82, 2.24) is 0 Å². The van der Waals surface area contributed by atoms with Gasteiger partial charge in [-0.25, -0.2) is 0 Å². The summed E-state index contributed by atoms with van der Waals surface area (Å²) >= 11 is 2.83. The van der Waals surface area contributed by atoms with E-state index in [1.165, 1.54) is 6.07 Å². The Hall–Kier alpha value is -1.11. The highest BCUT2D eigenvalue weighted by molar-refractivity contribution is 9.10. The van der Waals surface area contributed by atoms with Crippen molar-refractivity contribution in [2.24, 2.45) is 0 Å². The van der Waals surface area contributed by atoms with Gasteiger partial charge in [-0.3, -0.25) is 0 Å². The normalized spacial score (nSPS) is 11.4. The van der Waals surface area contributed by atoms with E-state index in [-0.39, 0.29) is 10.2 Å². The van der Waals surface area contributed by atoms with Crippen LogP contribution in [0, 0.1) is 0 Å². The van der Waals surface area contributed by atoms with Crippen molar-refractivity contribution < 1.29 is 23.0 Å². The summed E-state index contributed by atoms with van der Waals surface area (Å²) in [5, 5.41) is 9.16. The molecule has 1 aromatic carbocycles. The highest BCUT2D eigenvalue weighted by atomic mass is 79.9. The summed E-state index contributed by atoms with van der Waals surface area (Å²) in [6.07, 6.45) is -4.86. The van der Waals surface area contributed by atoms with Crippen LogP contribution in [0.2, 0.25) is 0 Å². The molecule has 3 nitrogen and oxygen atoms in total. The summed E-state index contributed by atoms with van der Waals surface area (Å²) in [7, 11) is 0. The average molecular weight is 272 g/mol. The number of hydrogen-bond acceptors (Lipinski definition) is 3. The highest BCUT2D eigenvalue weighted by Crippen LogP contribution is 2.38. The Morgan fingerprint density at radius 1 is 1.36 bits per heavy atom. The lowest BCUT2D eigenvalue weighted by Gasteiger charge is -2.11. The Bertz CT molecular complexity index is 354. The van der Waals surface area contributed by atoms with Crippen LogP contribution in [0.3, 0.4) is 0 Å². The van der Waals surface area contributed by atoms with Gasteiger partial charge in [0.25, 0.3) is 0 Å². The number of nitrogen functional groups attached to an aromatic ring is 1. The lowest BCUT2D eigenvalue weighted by molar-refractivity contribution is -0.275. The van der Waals surface area contributed by atoms with Gasteiger partial charge >= 0.3 is 6.36 Å². The van der Waals surface area contributed by atoms with Gasteiger partial charge in [0.2, 0.25) is 0 Å². The molecule has 0 bridgehead atoms. The molecule has 7 heteroatoms. The van der Waals surface area contributed by atoms with E-state index in [4.69, 9.17) is 10.8 Å². The first kappa shape index (κ1) is 11.0.